The van der Waals surface area contributed by atoms with Crippen molar-refractivity contribution in [3.63, 3.8) is 0 Å². The van der Waals surface area contributed by atoms with Crippen molar-refractivity contribution in [1.82, 2.24) is 10.2 Å². The first-order valence-corrected chi connectivity index (χ1v) is 14.2. The van der Waals surface area contributed by atoms with Gasteiger partial charge in [-0.25, -0.2) is 8.42 Å². The van der Waals surface area contributed by atoms with Gasteiger partial charge in [0.25, 0.3) is 10.0 Å². The predicted molar refractivity (Wildman–Crippen MR) is 152 cm³/mol. The second-order valence-electron chi connectivity index (χ2n) is 9.60. The van der Waals surface area contributed by atoms with Crippen LogP contribution in [0.5, 0.6) is 0 Å². The average Bonchev–Trinajstić information content (AvgIpc) is 2.89. The first-order valence-electron chi connectivity index (χ1n) is 12.7. The zero-order valence-electron chi connectivity index (χ0n) is 23.0. The topological polar surface area (TPSA) is 86.8 Å². The van der Waals surface area contributed by atoms with Crippen LogP contribution in [0.2, 0.25) is 0 Å². The number of amides is 2. The van der Waals surface area contributed by atoms with Gasteiger partial charge in [0.2, 0.25) is 11.8 Å². The van der Waals surface area contributed by atoms with Crippen molar-refractivity contribution < 1.29 is 18.0 Å². The van der Waals surface area contributed by atoms with Gasteiger partial charge in [-0.1, -0.05) is 61.0 Å². The summed E-state index contributed by atoms with van der Waals surface area (Å²) in [6, 6.07) is 19.0. The smallest absolute Gasteiger partial charge is 0.264 e. The third kappa shape index (κ3) is 6.42. The number of carbonyl (C=O) groups excluding carboxylic acids is 2. The number of hydrogen-bond donors (Lipinski definition) is 1. The highest BCUT2D eigenvalue weighted by Gasteiger charge is 2.34. The van der Waals surface area contributed by atoms with Crippen LogP contribution in [0.1, 0.15) is 41.2 Å². The number of rotatable bonds is 10. The lowest BCUT2D eigenvalue weighted by Gasteiger charge is -2.33. The van der Waals surface area contributed by atoms with Crippen molar-refractivity contribution in [3.05, 3.63) is 94.5 Å². The van der Waals surface area contributed by atoms with Crippen LogP contribution in [0.4, 0.5) is 5.69 Å². The first kappa shape index (κ1) is 28.9. The Morgan fingerprint density at radius 3 is 2.11 bits per heavy atom. The Morgan fingerprint density at radius 1 is 0.868 bits per heavy atom. The molecule has 1 atom stereocenters. The second kappa shape index (κ2) is 12.3. The Labute approximate surface area is 226 Å². The van der Waals surface area contributed by atoms with E-state index in [0.29, 0.717) is 12.1 Å². The van der Waals surface area contributed by atoms with Crippen LogP contribution in [-0.4, -0.2) is 44.8 Å². The van der Waals surface area contributed by atoms with Crippen molar-refractivity contribution in [2.75, 3.05) is 17.9 Å². The van der Waals surface area contributed by atoms with Crippen LogP contribution >= 0.6 is 0 Å². The van der Waals surface area contributed by atoms with Gasteiger partial charge in [-0.3, -0.25) is 13.9 Å². The largest absolute Gasteiger partial charge is 0.357 e. The molecule has 0 aliphatic rings. The first-order chi connectivity index (χ1) is 18.0. The minimum atomic E-state index is -4.09. The van der Waals surface area contributed by atoms with Crippen molar-refractivity contribution in [2.45, 2.75) is 58.5 Å². The number of nitrogens with one attached hydrogen (secondary N) is 1. The van der Waals surface area contributed by atoms with E-state index in [0.717, 1.165) is 27.8 Å². The van der Waals surface area contributed by atoms with E-state index in [2.05, 4.69) is 5.32 Å². The van der Waals surface area contributed by atoms with Crippen LogP contribution in [0.25, 0.3) is 0 Å². The van der Waals surface area contributed by atoms with E-state index in [-0.39, 0.29) is 17.3 Å². The molecule has 0 unspecified atom stereocenters. The maximum atomic E-state index is 14.0. The molecule has 2 amide bonds. The summed E-state index contributed by atoms with van der Waals surface area (Å²) in [6.45, 7) is 9.11. The van der Waals surface area contributed by atoms with Gasteiger partial charge >= 0.3 is 0 Å². The molecule has 8 heteroatoms. The van der Waals surface area contributed by atoms with Crippen LogP contribution < -0.4 is 9.62 Å². The highest BCUT2D eigenvalue weighted by molar-refractivity contribution is 7.92. The number of sulfonamides is 1. The second-order valence-corrected chi connectivity index (χ2v) is 11.5. The van der Waals surface area contributed by atoms with Gasteiger partial charge in [0, 0.05) is 13.6 Å². The van der Waals surface area contributed by atoms with Gasteiger partial charge in [-0.2, -0.15) is 0 Å². The quantitative estimate of drug-likeness (QED) is 0.409. The molecule has 38 heavy (non-hydrogen) atoms. The maximum Gasteiger partial charge on any atom is 0.264 e. The lowest BCUT2D eigenvalue weighted by molar-refractivity contribution is -0.140. The molecule has 1 N–H and O–H groups in total. The van der Waals surface area contributed by atoms with E-state index in [9.17, 15) is 18.0 Å². The Balaban J connectivity index is 2.12. The van der Waals surface area contributed by atoms with E-state index < -0.39 is 28.5 Å². The monoisotopic (exact) mass is 535 g/mol. The molecule has 0 radical (unpaired) electrons. The maximum absolute atomic E-state index is 14.0. The zero-order valence-corrected chi connectivity index (χ0v) is 23.8. The SMILES string of the molecule is CC[C@@H](C(=O)NC)N(Cc1ccccc1C)C(=O)CN(c1cc(C)ccc1C)S(=O)(=O)c1ccc(C)cc1. The normalized spacial score (nSPS) is 12.1. The van der Waals surface area contributed by atoms with Crippen LogP contribution in [0.15, 0.2) is 71.6 Å². The number of anilines is 1. The van der Waals surface area contributed by atoms with E-state index in [1.54, 1.807) is 30.3 Å². The third-order valence-electron chi connectivity index (χ3n) is 6.76. The van der Waals surface area contributed by atoms with Crippen LogP contribution in [0.3, 0.4) is 0 Å². The molecule has 0 aliphatic carbocycles. The highest BCUT2D eigenvalue weighted by Crippen LogP contribution is 2.29. The fraction of sp³-hybridized carbons (Fsp3) is 0.333. The van der Waals surface area contributed by atoms with E-state index in [4.69, 9.17) is 0 Å². The molecule has 0 saturated carbocycles. The molecule has 0 fully saturated rings. The summed E-state index contributed by atoms with van der Waals surface area (Å²) in [4.78, 5) is 28.5. The lowest BCUT2D eigenvalue weighted by atomic mass is 10.1. The molecular formula is C30H37N3O4S. The summed E-state index contributed by atoms with van der Waals surface area (Å²) in [7, 11) is -2.56. The Bertz CT molecular complexity index is 1400. The Hall–Kier alpha value is -3.65. The molecule has 202 valence electrons. The number of benzene rings is 3. The van der Waals surface area contributed by atoms with Crippen molar-refractivity contribution in [1.29, 1.82) is 0 Å². The van der Waals surface area contributed by atoms with Crippen molar-refractivity contribution >= 4 is 27.5 Å². The van der Waals surface area contributed by atoms with Gasteiger partial charge < -0.3 is 10.2 Å². The summed E-state index contributed by atoms with van der Waals surface area (Å²) in [5.41, 5.74) is 4.83. The number of nitrogens with zero attached hydrogens (tertiary/aromatic N) is 2. The van der Waals surface area contributed by atoms with Crippen LogP contribution in [-0.2, 0) is 26.2 Å². The Kier molecular flexibility index (Phi) is 9.33. The van der Waals surface area contributed by atoms with E-state index in [1.807, 2.05) is 71.0 Å². The molecule has 0 bridgehead atoms. The van der Waals surface area contributed by atoms with Gasteiger partial charge in [0.1, 0.15) is 12.6 Å². The molecule has 0 saturated heterocycles. The summed E-state index contributed by atoms with van der Waals surface area (Å²) in [6.07, 6.45) is 0.380. The molecule has 0 heterocycles. The predicted octanol–water partition coefficient (Wildman–Crippen LogP) is 4.67. The third-order valence-corrected chi connectivity index (χ3v) is 8.53. The van der Waals surface area contributed by atoms with Gasteiger partial charge in [-0.15, -0.1) is 0 Å². The fourth-order valence-corrected chi connectivity index (χ4v) is 5.87. The summed E-state index contributed by atoms with van der Waals surface area (Å²) < 4.78 is 29.1. The molecule has 0 spiro atoms. The van der Waals surface area contributed by atoms with Gasteiger partial charge in [0.05, 0.1) is 10.6 Å². The number of aryl methyl sites for hydroxylation is 4. The average molecular weight is 536 g/mol. The van der Waals surface area contributed by atoms with Gasteiger partial charge in [0.15, 0.2) is 0 Å². The molecular weight excluding hydrogens is 498 g/mol. The minimum Gasteiger partial charge on any atom is -0.357 e. The fourth-order valence-electron chi connectivity index (χ4n) is 4.40. The van der Waals surface area contributed by atoms with Crippen molar-refractivity contribution in [2.24, 2.45) is 0 Å². The summed E-state index contributed by atoms with van der Waals surface area (Å²) >= 11 is 0. The molecule has 0 aliphatic heterocycles. The number of hydrogen-bond acceptors (Lipinski definition) is 4. The molecule has 0 aromatic heterocycles. The van der Waals surface area contributed by atoms with Crippen molar-refractivity contribution in [3.8, 4) is 0 Å². The van der Waals surface area contributed by atoms with E-state index in [1.165, 1.54) is 16.3 Å². The minimum absolute atomic E-state index is 0.0978. The summed E-state index contributed by atoms with van der Waals surface area (Å²) in [5, 5.41) is 2.65. The highest BCUT2D eigenvalue weighted by atomic mass is 32.2. The zero-order chi connectivity index (χ0) is 28.0. The molecule has 3 rings (SSSR count). The van der Waals surface area contributed by atoms with Gasteiger partial charge in [-0.05, 0) is 74.6 Å². The number of likely N-dealkylation sites (N-methyl/N-ethyl adjacent to an activating group) is 1. The summed E-state index contributed by atoms with van der Waals surface area (Å²) in [5.74, 6) is -0.755. The van der Waals surface area contributed by atoms with E-state index >= 15 is 0 Å². The molecule has 7 nitrogen and oxygen atoms in total. The Morgan fingerprint density at radius 2 is 1.50 bits per heavy atom. The standard InChI is InChI=1S/C30H37N3O4S/c1-7-27(30(35)31-6)32(19-25-11-9-8-10-23(25)4)29(34)20-33(28-18-22(3)12-15-24(28)5)38(36,37)26-16-13-21(2)14-17-26/h8-18,27H,7,19-20H2,1-6H3,(H,31,35)/t27-/m0/s1. The molecule has 3 aromatic carbocycles. The number of carbonyl (C=O) groups is 2. The molecule has 3 aromatic rings. The lowest BCUT2D eigenvalue weighted by Crippen LogP contribution is -2.52. The van der Waals surface area contributed by atoms with Crippen LogP contribution in [0, 0.1) is 27.7 Å².